The minimum absolute atomic E-state index is 0.275. The molecule has 4 aromatic carbocycles. The minimum atomic E-state index is -0.275. The van der Waals surface area contributed by atoms with E-state index in [0.29, 0.717) is 34.0 Å². The molecule has 0 saturated carbocycles. The number of hydrogen-bond donors (Lipinski definition) is 1. The Morgan fingerprint density at radius 2 is 1.84 bits per heavy atom. The van der Waals surface area contributed by atoms with Crippen LogP contribution in [0.15, 0.2) is 86.2 Å². The predicted molar refractivity (Wildman–Crippen MR) is 133 cm³/mol. The SMILES string of the molecule is COc1c(C(=O)Nc2ccc3oc(-c4cccc(Br)c4)nc3c2)cc2ccccc2c1Br. The van der Waals surface area contributed by atoms with E-state index >= 15 is 0 Å². The van der Waals surface area contributed by atoms with Gasteiger partial charge in [0.15, 0.2) is 5.58 Å². The molecule has 0 aliphatic carbocycles. The number of amides is 1. The minimum Gasteiger partial charge on any atom is -0.495 e. The van der Waals surface area contributed by atoms with Crippen molar-refractivity contribution in [3.05, 3.63) is 87.3 Å². The molecule has 0 bridgehead atoms. The average Bonchev–Trinajstić information content (AvgIpc) is 3.22. The van der Waals surface area contributed by atoms with Gasteiger partial charge in [0.2, 0.25) is 5.89 Å². The Morgan fingerprint density at radius 1 is 1.00 bits per heavy atom. The van der Waals surface area contributed by atoms with Crippen LogP contribution in [-0.4, -0.2) is 18.0 Å². The third-order valence-corrected chi connectivity index (χ3v) is 6.39. The first-order valence-corrected chi connectivity index (χ1v) is 11.4. The van der Waals surface area contributed by atoms with E-state index in [1.54, 1.807) is 25.3 Å². The number of nitrogens with one attached hydrogen (secondary N) is 1. The highest BCUT2D eigenvalue weighted by atomic mass is 79.9. The first-order valence-electron chi connectivity index (χ1n) is 9.76. The summed E-state index contributed by atoms with van der Waals surface area (Å²) in [6, 6.07) is 22.8. The Bertz CT molecular complexity index is 1490. The lowest BCUT2D eigenvalue weighted by Gasteiger charge is -2.13. The standard InChI is InChI=1S/C25H16Br2N2O3/c1-31-23-19(12-14-5-2-3-8-18(14)22(23)27)24(30)28-17-9-10-21-20(13-17)29-25(32-21)15-6-4-7-16(26)11-15/h2-13H,1H3,(H,28,30). The van der Waals surface area contributed by atoms with Gasteiger partial charge in [0, 0.05) is 15.7 Å². The summed E-state index contributed by atoms with van der Waals surface area (Å²) in [5.74, 6) is 0.730. The van der Waals surface area contributed by atoms with Crippen LogP contribution in [0.1, 0.15) is 10.4 Å². The number of oxazole rings is 1. The molecule has 1 heterocycles. The van der Waals surface area contributed by atoms with Crippen molar-refractivity contribution in [1.29, 1.82) is 0 Å². The molecule has 0 aliphatic heterocycles. The third-order valence-electron chi connectivity index (χ3n) is 5.11. The second-order valence-corrected chi connectivity index (χ2v) is 8.87. The van der Waals surface area contributed by atoms with Gasteiger partial charge in [-0.15, -0.1) is 0 Å². The molecule has 32 heavy (non-hydrogen) atoms. The van der Waals surface area contributed by atoms with Crippen molar-refractivity contribution in [2.24, 2.45) is 0 Å². The molecule has 0 saturated heterocycles. The van der Waals surface area contributed by atoms with Crippen LogP contribution in [0.3, 0.4) is 0 Å². The van der Waals surface area contributed by atoms with Crippen LogP contribution in [-0.2, 0) is 0 Å². The zero-order valence-electron chi connectivity index (χ0n) is 16.9. The van der Waals surface area contributed by atoms with Gasteiger partial charge in [-0.25, -0.2) is 4.98 Å². The Labute approximate surface area is 200 Å². The molecule has 0 unspecified atom stereocenters. The fraction of sp³-hybridized carbons (Fsp3) is 0.0400. The van der Waals surface area contributed by atoms with Gasteiger partial charge in [-0.05, 0) is 69.2 Å². The maximum Gasteiger partial charge on any atom is 0.259 e. The van der Waals surface area contributed by atoms with Crippen LogP contribution in [0.4, 0.5) is 5.69 Å². The normalized spacial score (nSPS) is 11.1. The van der Waals surface area contributed by atoms with Crippen molar-refractivity contribution in [3.63, 3.8) is 0 Å². The highest BCUT2D eigenvalue weighted by molar-refractivity contribution is 9.11. The number of methoxy groups -OCH3 is 1. The smallest absolute Gasteiger partial charge is 0.259 e. The maximum absolute atomic E-state index is 13.1. The molecule has 0 spiro atoms. The summed E-state index contributed by atoms with van der Waals surface area (Å²) in [6.07, 6.45) is 0. The Kier molecular flexibility index (Phi) is 5.45. The Morgan fingerprint density at radius 3 is 2.66 bits per heavy atom. The molecule has 0 aliphatic rings. The summed E-state index contributed by atoms with van der Waals surface area (Å²) in [7, 11) is 1.55. The van der Waals surface area contributed by atoms with Crippen LogP contribution >= 0.6 is 31.9 Å². The zero-order chi connectivity index (χ0) is 22.2. The number of carbonyl (C=O) groups excluding carboxylic acids is 1. The van der Waals surface area contributed by atoms with Gasteiger partial charge in [-0.2, -0.15) is 0 Å². The number of benzene rings is 4. The summed E-state index contributed by atoms with van der Waals surface area (Å²) in [6.45, 7) is 0. The molecular weight excluding hydrogens is 536 g/mol. The van der Waals surface area contributed by atoms with Gasteiger partial charge in [-0.3, -0.25) is 4.79 Å². The van der Waals surface area contributed by atoms with Gasteiger partial charge >= 0.3 is 0 Å². The van der Waals surface area contributed by atoms with Crippen molar-refractivity contribution in [2.45, 2.75) is 0 Å². The predicted octanol–water partition coefficient (Wildman–Crippen LogP) is 7.43. The number of halogens is 2. The average molecular weight is 552 g/mol. The van der Waals surface area contributed by atoms with Crippen LogP contribution in [0.2, 0.25) is 0 Å². The highest BCUT2D eigenvalue weighted by Gasteiger charge is 2.19. The largest absolute Gasteiger partial charge is 0.495 e. The molecule has 7 heteroatoms. The second kappa shape index (κ2) is 8.41. The van der Waals surface area contributed by atoms with Gasteiger partial charge in [0.1, 0.15) is 11.3 Å². The van der Waals surface area contributed by atoms with E-state index in [1.165, 1.54) is 0 Å². The molecule has 1 aromatic heterocycles. The molecule has 5 rings (SSSR count). The summed E-state index contributed by atoms with van der Waals surface area (Å²) in [5, 5.41) is 4.86. The molecule has 0 radical (unpaired) electrons. The van der Waals surface area contributed by atoms with Crippen molar-refractivity contribution < 1.29 is 13.9 Å². The fourth-order valence-electron chi connectivity index (χ4n) is 3.60. The highest BCUT2D eigenvalue weighted by Crippen LogP contribution is 2.37. The van der Waals surface area contributed by atoms with E-state index < -0.39 is 0 Å². The lowest BCUT2D eigenvalue weighted by Crippen LogP contribution is -2.13. The van der Waals surface area contributed by atoms with E-state index in [9.17, 15) is 4.79 Å². The van der Waals surface area contributed by atoms with Crippen LogP contribution in [0.5, 0.6) is 5.75 Å². The van der Waals surface area contributed by atoms with E-state index in [-0.39, 0.29) is 5.91 Å². The maximum atomic E-state index is 13.1. The third kappa shape index (κ3) is 3.78. The number of fused-ring (bicyclic) bond motifs is 2. The summed E-state index contributed by atoms with van der Waals surface area (Å²) in [5.41, 5.74) is 3.22. The lowest BCUT2D eigenvalue weighted by molar-refractivity contribution is 0.102. The number of carbonyl (C=O) groups is 1. The topological polar surface area (TPSA) is 64.4 Å². The number of nitrogens with zero attached hydrogens (tertiary/aromatic N) is 1. The van der Waals surface area contributed by atoms with Gasteiger partial charge in [0.25, 0.3) is 5.91 Å². The quantitative estimate of drug-likeness (QED) is 0.252. The molecule has 0 atom stereocenters. The van der Waals surface area contributed by atoms with Gasteiger partial charge in [0.05, 0.1) is 17.1 Å². The molecule has 0 fully saturated rings. The summed E-state index contributed by atoms with van der Waals surface area (Å²) < 4.78 is 13.1. The van der Waals surface area contributed by atoms with Crippen LogP contribution in [0, 0.1) is 0 Å². The molecule has 1 amide bonds. The van der Waals surface area contributed by atoms with E-state index in [4.69, 9.17) is 9.15 Å². The fourth-order valence-corrected chi connectivity index (χ4v) is 4.74. The molecule has 5 nitrogen and oxygen atoms in total. The van der Waals surface area contributed by atoms with Crippen molar-refractivity contribution in [3.8, 4) is 17.2 Å². The van der Waals surface area contributed by atoms with E-state index in [1.807, 2.05) is 54.6 Å². The van der Waals surface area contributed by atoms with E-state index in [0.717, 1.165) is 25.3 Å². The van der Waals surface area contributed by atoms with Crippen molar-refractivity contribution in [1.82, 2.24) is 4.98 Å². The summed E-state index contributed by atoms with van der Waals surface area (Å²) in [4.78, 5) is 17.7. The van der Waals surface area contributed by atoms with E-state index in [2.05, 4.69) is 42.2 Å². The Hall–Kier alpha value is -3.16. The van der Waals surface area contributed by atoms with Crippen molar-refractivity contribution in [2.75, 3.05) is 12.4 Å². The van der Waals surface area contributed by atoms with Crippen LogP contribution < -0.4 is 10.1 Å². The number of rotatable bonds is 4. The van der Waals surface area contributed by atoms with Crippen LogP contribution in [0.25, 0.3) is 33.3 Å². The zero-order valence-corrected chi connectivity index (χ0v) is 20.0. The number of ether oxygens (including phenoxy) is 1. The van der Waals surface area contributed by atoms with Gasteiger partial charge < -0.3 is 14.5 Å². The number of hydrogen-bond acceptors (Lipinski definition) is 4. The molecular formula is C25H16Br2N2O3. The lowest BCUT2D eigenvalue weighted by atomic mass is 10.1. The van der Waals surface area contributed by atoms with Gasteiger partial charge in [-0.1, -0.05) is 46.3 Å². The monoisotopic (exact) mass is 550 g/mol. The molecule has 5 aromatic rings. The summed E-state index contributed by atoms with van der Waals surface area (Å²) >= 11 is 7.04. The number of anilines is 1. The Balaban J connectivity index is 1.49. The van der Waals surface area contributed by atoms with Crippen molar-refractivity contribution >= 4 is 65.3 Å². The molecule has 1 N–H and O–H groups in total. The second-order valence-electron chi connectivity index (χ2n) is 7.16. The first kappa shape index (κ1) is 20.7. The first-order chi connectivity index (χ1) is 15.5. The molecule has 158 valence electrons. The number of aromatic nitrogens is 1.